The van der Waals surface area contributed by atoms with Crippen molar-refractivity contribution < 1.29 is 19.4 Å². The lowest BCUT2D eigenvalue weighted by Gasteiger charge is -2.10. The number of hydrogen-bond donors (Lipinski definition) is 1. The average molecular weight is 233 g/mol. The van der Waals surface area contributed by atoms with E-state index in [1.54, 1.807) is 19.1 Å². The van der Waals surface area contributed by atoms with Crippen LogP contribution in [0, 0.1) is 11.3 Å². The Bertz CT molecular complexity index is 476. The predicted molar refractivity (Wildman–Crippen MR) is 58.4 cm³/mol. The van der Waals surface area contributed by atoms with Gasteiger partial charge in [-0.1, -0.05) is 18.2 Å². The van der Waals surface area contributed by atoms with E-state index in [1.165, 1.54) is 18.2 Å². The number of aromatic carboxylic acids is 1. The van der Waals surface area contributed by atoms with Crippen molar-refractivity contribution >= 4 is 11.9 Å². The Balaban J connectivity index is 3.17. The van der Waals surface area contributed by atoms with Gasteiger partial charge in [0, 0.05) is 0 Å². The second kappa shape index (κ2) is 5.66. The molecule has 1 aromatic carbocycles. The molecule has 0 bridgehead atoms. The standard InChI is InChI=1S/C12H11NO4/c1-2-17-12(16)10(7-13)8-5-3-4-6-9(8)11(14)15/h3-6,10H,2H2,1H3,(H,14,15). The van der Waals surface area contributed by atoms with Crippen LogP contribution in [0.25, 0.3) is 0 Å². The van der Waals surface area contributed by atoms with E-state index in [4.69, 9.17) is 15.1 Å². The maximum Gasteiger partial charge on any atom is 0.336 e. The molecule has 0 saturated carbocycles. The van der Waals surface area contributed by atoms with Crippen LogP contribution in [0.15, 0.2) is 24.3 Å². The maximum atomic E-state index is 11.5. The summed E-state index contributed by atoms with van der Waals surface area (Å²) in [5.41, 5.74) is 0.0908. The Labute approximate surface area is 98.2 Å². The Morgan fingerprint density at radius 1 is 1.47 bits per heavy atom. The fourth-order valence-corrected chi connectivity index (χ4v) is 1.42. The number of nitrogens with zero attached hydrogens (tertiary/aromatic N) is 1. The molecular weight excluding hydrogens is 222 g/mol. The van der Waals surface area contributed by atoms with Gasteiger partial charge in [-0.2, -0.15) is 5.26 Å². The minimum Gasteiger partial charge on any atom is -0.478 e. The van der Waals surface area contributed by atoms with Crippen LogP contribution in [0.4, 0.5) is 0 Å². The van der Waals surface area contributed by atoms with Gasteiger partial charge >= 0.3 is 11.9 Å². The maximum absolute atomic E-state index is 11.5. The Morgan fingerprint density at radius 2 is 2.12 bits per heavy atom. The average Bonchev–Trinajstić information content (AvgIpc) is 2.31. The van der Waals surface area contributed by atoms with E-state index in [2.05, 4.69) is 0 Å². The number of ether oxygens (including phenoxy) is 1. The molecule has 1 rings (SSSR count). The molecule has 0 aromatic heterocycles. The Hall–Kier alpha value is -2.35. The molecule has 0 heterocycles. The molecule has 0 aliphatic rings. The van der Waals surface area contributed by atoms with Crippen LogP contribution >= 0.6 is 0 Å². The van der Waals surface area contributed by atoms with Gasteiger partial charge < -0.3 is 9.84 Å². The molecular formula is C12H11NO4. The lowest BCUT2D eigenvalue weighted by molar-refractivity contribution is -0.143. The zero-order chi connectivity index (χ0) is 12.8. The lowest BCUT2D eigenvalue weighted by atomic mass is 9.95. The molecule has 0 spiro atoms. The van der Waals surface area contributed by atoms with E-state index in [0.717, 1.165) is 0 Å². The predicted octanol–water partition coefficient (Wildman–Crippen LogP) is 1.56. The first-order valence-electron chi connectivity index (χ1n) is 5.00. The molecule has 0 radical (unpaired) electrons. The summed E-state index contributed by atoms with van der Waals surface area (Å²) in [4.78, 5) is 22.5. The molecule has 1 N–H and O–H groups in total. The number of benzene rings is 1. The molecule has 0 amide bonds. The highest BCUT2D eigenvalue weighted by atomic mass is 16.5. The third-order valence-electron chi connectivity index (χ3n) is 2.15. The molecule has 0 fully saturated rings. The third-order valence-corrected chi connectivity index (χ3v) is 2.15. The molecule has 0 aliphatic carbocycles. The van der Waals surface area contributed by atoms with Gasteiger partial charge in [0.25, 0.3) is 0 Å². The molecule has 1 aromatic rings. The smallest absolute Gasteiger partial charge is 0.336 e. The first-order chi connectivity index (χ1) is 8.11. The second-order valence-corrected chi connectivity index (χ2v) is 3.21. The fourth-order valence-electron chi connectivity index (χ4n) is 1.42. The number of rotatable bonds is 4. The van der Waals surface area contributed by atoms with E-state index in [9.17, 15) is 9.59 Å². The molecule has 1 atom stereocenters. The summed E-state index contributed by atoms with van der Waals surface area (Å²) < 4.78 is 4.73. The van der Waals surface area contributed by atoms with Gasteiger partial charge in [0.2, 0.25) is 0 Å². The van der Waals surface area contributed by atoms with E-state index in [-0.39, 0.29) is 17.7 Å². The SMILES string of the molecule is CCOC(=O)C(C#N)c1ccccc1C(=O)O. The number of esters is 1. The summed E-state index contributed by atoms with van der Waals surface area (Å²) in [7, 11) is 0. The highest BCUT2D eigenvalue weighted by Gasteiger charge is 2.25. The van der Waals surface area contributed by atoms with E-state index in [1.807, 2.05) is 0 Å². The van der Waals surface area contributed by atoms with Crippen molar-refractivity contribution in [2.45, 2.75) is 12.8 Å². The topological polar surface area (TPSA) is 87.4 Å². The quantitative estimate of drug-likeness (QED) is 0.797. The summed E-state index contributed by atoms with van der Waals surface area (Å²) in [5, 5.41) is 17.9. The van der Waals surface area contributed by atoms with Gasteiger partial charge in [-0.05, 0) is 18.6 Å². The summed E-state index contributed by atoms with van der Waals surface area (Å²) in [6.45, 7) is 1.77. The zero-order valence-electron chi connectivity index (χ0n) is 9.21. The second-order valence-electron chi connectivity index (χ2n) is 3.21. The normalized spacial score (nSPS) is 11.3. The summed E-state index contributed by atoms with van der Waals surface area (Å²) in [6.07, 6.45) is 0. The number of carboxylic acids is 1. The van der Waals surface area contributed by atoms with Crippen molar-refractivity contribution in [2.24, 2.45) is 0 Å². The van der Waals surface area contributed by atoms with Crippen molar-refractivity contribution in [3.8, 4) is 6.07 Å². The lowest BCUT2D eigenvalue weighted by Crippen LogP contribution is -2.17. The van der Waals surface area contributed by atoms with Gasteiger partial charge in [-0.25, -0.2) is 4.79 Å². The van der Waals surface area contributed by atoms with Gasteiger partial charge in [-0.15, -0.1) is 0 Å². The van der Waals surface area contributed by atoms with Crippen LogP contribution < -0.4 is 0 Å². The third kappa shape index (κ3) is 2.82. The number of carbonyl (C=O) groups is 2. The number of hydrogen-bond acceptors (Lipinski definition) is 4. The largest absolute Gasteiger partial charge is 0.478 e. The summed E-state index contributed by atoms with van der Waals surface area (Å²) in [5.74, 6) is -3.11. The Morgan fingerprint density at radius 3 is 2.65 bits per heavy atom. The minimum absolute atomic E-state index is 0.0629. The van der Waals surface area contributed by atoms with Crippen molar-refractivity contribution in [1.82, 2.24) is 0 Å². The van der Waals surface area contributed by atoms with E-state index >= 15 is 0 Å². The van der Waals surface area contributed by atoms with E-state index in [0.29, 0.717) is 0 Å². The Kier molecular flexibility index (Phi) is 4.23. The van der Waals surface area contributed by atoms with Gasteiger partial charge in [0.1, 0.15) is 0 Å². The van der Waals surface area contributed by atoms with Crippen molar-refractivity contribution in [3.05, 3.63) is 35.4 Å². The molecule has 1 unspecified atom stereocenters. The van der Waals surface area contributed by atoms with Crippen molar-refractivity contribution in [3.63, 3.8) is 0 Å². The van der Waals surface area contributed by atoms with Gasteiger partial charge in [0.05, 0.1) is 18.2 Å². The summed E-state index contributed by atoms with van der Waals surface area (Å²) in [6, 6.07) is 7.66. The first kappa shape index (κ1) is 12.7. The van der Waals surface area contributed by atoms with Gasteiger partial charge in [-0.3, -0.25) is 4.79 Å². The van der Waals surface area contributed by atoms with Crippen LogP contribution in [0.5, 0.6) is 0 Å². The van der Waals surface area contributed by atoms with Crippen LogP contribution in [0.2, 0.25) is 0 Å². The molecule has 5 nitrogen and oxygen atoms in total. The van der Waals surface area contributed by atoms with Crippen molar-refractivity contribution in [1.29, 1.82) is 5.26 Å². The van der Waals surface area contributed by atoms with Gasteiger partial charge in [0.15, 0.2) is 5.92 Å². The minimum atomic E-state index is -1.21. The van der Waals surface area contributed by atoms with Crippen LogP contribution in [0.3, 0.4) is 0 Å². The molecule has 17 heavy (non-hydrogen) atoms. The number of nitriles is 1. The molecule has 5 heteroatoms. The zero-order valence-corrected chi connectivity index (χ0v) is 9.21. The molecule has 0 aliphatic heterocycles. The fraction of sp³-hybridized carbons (Fsp3) is 0.250. The molecule has 88 valence electrons. The van der Waals surface area contributed by atoms with Crippen LogP contribution in [0.1, 0.15) is 28.8 Å². The first-order valence-corrected chi connectivity index (χ1v) is 5.00. The van der Waals surface area contributed by atoms with E-state index < -0.39 is 17.9 Å². The highest BCUT2D eigenvalue weighted by molar-refractivity contribution is 5.93. The monoisotopic (exact) mass is 233 g/mol. The van der Waals surface area contributed by atoms with Crippen molar-refractivity contribution in [2.75, 3.05) is 6.61 Å². The number of carbonyl (C=O) groups excluding carboxylic acids is 1. The van der Waals surface area contributed by atoms with Crippen LogP contribution in [-0.4, -0.2) is 23.7 Å². The highest BCUT2D eigenvalue weighted by Crippen LogP contribution is 2.21. The number of carboxylic acid groups (broad SMARTS) is 1. The molecule has 0 saturated heterocycles. The van der Waals surface area contributed by atoms with Crippen LogP contribution in [-0.2, 0) is 9.53 Å². The summed E-state index contributed by atoms with van der Waals surface area (Å²) >= 11 is 0.